The Labute approximate surface area is 72.8 Å². The van der Waals surface area contributed by atoms with Gasteiger partial charge in [-0.15, -0.1) is 0 Å². The molecule has 34 valence electrons. The van der Waals surface area contributed by atoms with Crippen molar-refractivity contribution in [2.45, 2.75) is 0 Å². The van der Waals surface area contributed by atoms with Crippen LogP contribution in [0.5, 0.6) is 0 Å². The van der Waals surface area contributed by atoms with Crippen LogP contribution in [0.4, 0.5) is 0 Å². The van der Waals surface area contributed by atoms with E-state index in [9.17, 15) is 0 Å². The zero-order chi connectivity index (χ0) is 2.00. The first kappa shape index (κ1) is 28.1. The number of rotatable bonds is 0. The van der Waals surface area contributed by atoms with Crippen LogP contribution in [0.1, 0.15) is 0 Å². The van der Waals surface area contributed by atoms with Crippen molar-refractivity contribution in [3.05, 3.63) is 0 Å². The number of hydrogen-bond donors (Lipinski definition) is 0. The zero-order valence-corrected chi connectivity index (χ0v) is 8.34. The summed E-state index contributed by atoms with van der Waals surface area (Å²) in [6, 6.07) is 0. The van der Waals surface area contributed by atoms with Crippen molar-refractivity contribution < 1.29 is 73.4 Å². The van der Waals surface area contributed by atoms with Crippen molar-refractivity contribution >= 4 is 0 Å². The second-order valence-electron chi connectivity index (χ2n) is 0. The molecule has 0 N–H and O–H groups in total. The van der Waals surface area contributed by atoms with Gasteiger partial charge in [0.15, 0.2) is 0 Å². The first-order valence-corrected chi connectivity index (χ1v) is 0.508. The van der Waals surface area contributed by atoms with Crippen LogP contribution < -0.4 is 0 Å². The molecule has 0 spiro atoms. The molecule has 0 aliphatic rings. The molecule has 0 amide bonds. The largest absolute Gasteiger partial charge is 0 e. The Morgan fingerprint density at radius 3 is 1.20 bits per heavy atom. The third-order valence-corrected chi connectivity index (χ3v) is 0. The van der Waals surface area contributed by atoms with E-state index in [4.69, 9.17) is 3.83 Å². The molecule has 0 saturated heterocycles. The van der Waals surface area contributed by atoms with Crippen LogP contribution in [0.25, 0.3) is 0 Å². The molecule has 0 aliphatic carbocycles. The third kappa shape index (κ3) is 24.1. The Kier molecular flexibility index (Phi) is 212. The molecule has 1 nitrogen and oxygen atoms in total. The molecule has 0 aromatic heterocycles. The molecule has 0 bridgehead atoms. The van der Waals surface area contributed by atoms with Crippen molar-refractivity contribution in [3.8, 4) is 0 Å². The van der Waals surface area contributed by atoms with E-state index in [1.54, 1.807) is 0 Å². The fraction of sp³-hybridized carbons (Fsp3) is 0. The van der Waals surface area contributed by atoms with Crippen molar-refractivity contribution in [3.63, 3.8) is 0 Å². The first-order valence-electron chi connectivity index (χ1n) is 0.123. The fourth-order valence-corrected chi connectivity index (χ4v) is 0. The maximum absolute atomic E-state index is 7.81. The Hall–Kier alpha value is 1.98. The van der Waals surface area contributed by atoms with Crippen molar-refractivity contribution in [2.75, 3.05) is 0 Å². The summed E-state index contributed by atoms with van der Waals surface area (Å²) in [5.74, 6) is 0. The van der Waals surface area contributed by atoms with Gasteiger partial charge in [-0.2, -0.15) is 0 Å². The van der Waals surface area contributed by atoms with E-state index in [0.29, 0.717) is 0 Å². The van der Waals surface area contributed by atoms with Gasteiger partial charge in [-0.25, -0.2) is 0 Å². The van der Waals surface area contributed by atoms with Gasteiger partial charge < -0.3 is 0 Å². The quantitative estimate of drug-likeness (QED) is 0.552. The second-order valence-corrected chi connectivity index (χ2v) is 0. The summed E-state index contributed by atoms with van der Waals surface area (Å²) in [6.45, 7) is 0. The van der Waals surface area contributed by atoms with Crippen molar-refractivity contribution in [1.29, 1.82) is 0 Å². The Morgan fingerprint density at radius 2 is 1.20 bits per heavy atom. The Balaban J connectivity index is -0.00000000167. The van der Waals surface area contributed by atoms with Gasteiger partial charge in [0.25, 0.3) is 0 Å². The van der Waals surface area contributed by atoms with E-state index >= 15 is 0 Å². The summed E-state index contributed by atoms with van der Waals surface area (Å²) in [7, 11) is 0. The van der Waals surface area contributed by atoms with E-state index in [2.05, 4.69) is 15.9 Å². The molecule has 0 fully saturated rings. The van der Waals surface area contributed by atoms with E-state index in [0.717, 1.165) is 0 Å². The van der Waals surface area contributed by atoms with E-state index in [-0.39, 0.29) is 53.6 Å². The van der Waals surface area contributed by atoms with Gasteiger partial charge in [0, 0.05) is 53.6 Å². The second kappa shape index (κ2) is 37.8. The maximum Gasteiger partial charge on any atom is 0 e. The summed E-state index contributed by atoms with van der Waals surface area (Å²) in [5, 5.41) is 0. The summed E-state index contributed by atoms with van der Waals surface area (Å²) in [5.41, 5.74) is 0. The molecule has 0 atom stereocenters. The van der Waals surface area contributed by atoms with Gasteiger partial charge >= 0.3 is 19.8 Å². The van der Waals surface area contributed by atoms with Gasteiger partial charge in [-0.1, -0.05) is 0 Å². The van der Waals surface area contributed by atoms with Crippen LogP contribution in [-0.4, -0.2) is 0 Å². The van der Waals surface area contributed by atoms with Crippen LogP contribution in [0.2, 0.25) is 0 Å². The maximum atomic E-state index is 7.81. The molecule has 0 aromatic carbocycles. The van der Waals surface area contributed by atoms with Crippen LogP contribution >= 0.6 is 0 Å². The fourth-order valence-electron chi connectivity index (χ4n) is 0. The van der Waals surface area contributed by atoms with Crippen molar-refractivity contribution in [1.82, 2.24) is 0 Å². The minimum absolute atomic E-state index is 0. The third-order valence-electron chi connectivity index (χ3n) is 0. The van der Waals surface area contributed by atoms with Gasteiger partial charge in [0.2, 0.25) is 0 Å². The van der Waals surface area contributed by atoms with Crippen LogP contribution in [0, 0.1) is 0 Å². The van der Waals surface area contributed by atoms with Gasteiger partial charge in [-0.3, -0.25) is 0 Å². The average Bonchev–Trinajstić information content (AvgIpc) is 1.00. The number of hydrogen-bond acceptors (Lipinski definition) is 1. The average molecular weight is 256 g/mol. The van der Waals surface area contributed by atoms with Crippen molar-refractivity contribution in [2.24, 2.45) is 0 Å². The molecule has 0 heterocycles. The van der Waals surface area contributed by atoms with Gasteiger partial charge in [-0.05, 0) is 0 Å². The van der Waals surface area contributed by atoms with Crippen LogP contribution in [0.15, 0.2) is 0 Å². The smallest absolute Gasteiger partial charge is 0 e. The molecular formula is CuFeMnOZn. The summed E-state index contributed by atoms with van der Waals surface area (Å²) < 4.78 is 7.81. The Bertz CT molecular complexity index is 11.6. The molecule has 0 rings (SSSR count). The van der Waals surface area contributed by atoms with Crippen LogP contribution in [0.3, 0.4) is 0 Å². The normalized spacial score (nSPS) is 1.20. The standard InChI is InChI=1S/Cu.Fe.Mn.O.Zn. The van der Waals surface area contributed by atoms with E-state index in [1.807, 2.05) is 0 Å². The minimum atomic E-state index is 0. The minimum Gasteiger partial charge on any atom is 0 e. The van der Waals surface area contributed by atoms with E-state index in [1.165, 1.54) is 0 Å². The van der Waals surface area contributed by atoms with Gasteiger partial charge in [0.05, 0.1) is 0 Å². The topological polar surface area (TPSA) is 17.1 Å². The zero-order valence-electron chi connectivity index (χ0n) is 2.15. The van der Waals surface area contributed by atoms with Gasteiger partial charge in [0.1, 0.15) is 0 Å². The SMILES string of the molecule is [Fe].[Mn].[O]=[Cu].[Zn]. The molecule has 5 heteroatoms. The first-order chi connectivity index (χ1) is 1.00. The monoisotopic (exact) mass is 254 g/mol. The summed E-state index contributed by atoms with van der Waals surface area (Å²) in [6.07, 6.45) is 0. The summed E-state index contributed by atoms with van der Waals surface area (Å²) >= 11 is 2.94. The Morgan fingerprint density at radius 1 is 1.20 bits per heavy atom. The molecule has 0 aromatic rings. The molecular weight excluding hydrogens is 256 g/mol. The summed E-state index contributed by atoms with van der Waals surface area (Å²) in [4.78, 5) is 0. The molecule has 0 unspecified atom stereocenters. The van der Waals surface area contributed by atoms with E-state index < -0.39 is 0 Å². The molecule has 0 saturated carbocycles. The van der Waals surface area contributed by atoms with Crippen LogP contribution in [-0.2, 0) is 73.4 Å². The molecule has 1 radical (unpaired) electrons. The predicted octanol–water partition coefficient (Wildman–Crippen LogP) is -0.129. The molecule has 5 heavy (non-hydrogen) atoms. The molecule has 0 aliphatic heterocycles. The predicted molar refractivity (Wildman–Crippen MR) is 0.686 cm³/mol.